The van der Waals surface area contributed by atoms with E-state index >= 15 is 0 Å². The standard InChI is InChI=1S/C17H31F3N2O/c1-12(2)11-23-16-6-7-21(3)10-14(16)15-9-13(17(18,19)20)5-8-22(15)4/h12-16H,5-11H2,1-4H3. The number of nitrogens with zero attached hydrogens (tertiary/aromatic N) is 2. The quantitative estimate of drug-likeness (QED) is 0.784. The molecule has 0 aromatic carbocycles. The number of likely N-dealkylation sites (tertiary alicyclic amines) is 2. The van der Waals surface area contributed by atoms with Crippen LogP contribution in [0.15, 0.2) is 0 Å². The van der Waals surface area contributed by atoms with E-state index in [0.717, 1.165) is 19.5 Å². The van der Waals surface area contributed by atoms with Gasteiger partial charge >= 0.3 is 6.18 Å². The molecule has 0 amide bonds. The normalized spacial score (nSPS) is 35.0. The Morgan fingerprint density at radius 3 is 2.43 bits per heavy atom. The van der Waals surface area contributed by atoms with Crippen LogP contribution in [0, 0.1) is 17.8 Å². The highest BCUT2D eigenvalue weighted by Gasteiger charge is 2.47. The fraction of sp³-hybridized carbons (Fsp3) is 1.00. The molecule has 0 aromatic rings. The Kier molecular flexibility index (Phi) is 6.36. The SMILES string of the molecule is CC(C)COC1CCN(C)CC1C1CC(C(F)(F)F)CCN1C. The van der Waals surface area contributed by atoms with Gasteiger partial charge in [-0.2, -0.15) is 13.2 Å². The molecule has 4 atom stereocenters. The Labute approximate surface area is 138 Å². The van der Waals surface area contributed by atoms with Crippen LogP contribution in [0.3, 0.4) is 0 Å². The molecule has 2 saturated heterocycles. The van der Waals surface area contributed by atoms with Crippen molar-refractivity contribution < 1.29 is 17.9 Å². The Morgan fingerprint density at radius 2 is 1.83 bits per heavy atom. The van der Waals surface area contributed by atoms with E-state index in [-0.39, 0.29) is 30.9 Å². The van der Waals surface area contributed by atoms with Crippen LogP contribution in [0.2, 0.25) is 0 Å². The van der Waals surface area contributed by atoms with E-state index in [1.165, 1.54) is 0 Å². The molecule has 0 radical (unpaired) electrons. The summed E-state index contributed by atoms with van der Waals surface area (Å²) in [6, 6.07) is -0.0460. The van der Waals surface area contributed by atoms with Crippen molar-refractivity contribution in [1.82, 2.24) is 9.80 Å². The zero-order chi connectivity index (χ0) is 17.2. The van der Waals surface area contributed by atoms with Gasteiger partial charge in [0, 0.05) is 31.7 Å². The van der Waals surface area contributed by atoms with E-state index in [0.29, 0.717) is 19.1 Å². The predicted molar refractivity (Wildman–Crippen MR) is 85.4 cm³/mol. The summed E-state index contributed by atoms with van der Waals surface area (Å²) in [5.41, 5.74) is 0. The maximum absolute atomic E-state index is 13.2. The molecule has 2 aliphatic rings. The van der Waals surface area contributed by atoms with Crippen LogP contribution in [0.1, 0.15) is 33.1 Å². The lowest BCUT2D eigenvalue weighted by Gasteiger charge is -2.47. The molecule has 2 fully saturated rings. The summed E-state index contributed by atoms with van der Waals surface area (Å²) in [5, 5.41) is 0. The first-order valence-electron chi connectivity index (χ1n) is 8.75. The van der Waals surface area contributed by atoms with Gasteiger partial charge in [-0.3, -0.25) is 0 Å². The minimum absolute atomic E-state index is 0.0460. The van der Waals surface area contributed by atoms with E-state index in [9.17, 15) is 13.2 Å². The predicted octanol–water partition coefficient (Wildman–Crippen LogP) is 3.25. The third-order valence-corrected chi connectivity index (χ3v) is 5.32. The van der Waals surface area contributed by atoms with Gasteiger partial charge in [-0.25, -0.2) is 0 Å². The maximum atomic E-state index is 13.2. The first kappa shape index (κ1) is 19.0. The Hall–Kier alpha value is -0.330. The lowest BCUT2D eigenvalue weighted by atomic mass is 9.79. The van der Waals surface area contributed by atoms with Gasteiger partial charge in [-0.15, -0.1) is 0 Å². The molecular formula is C17H31F3N2O. The molecular weight excluding hydrogens is 305 g/mol. The van der Waals surface area contributed by atoms with Crippen molar-refractivity contribution >= 4 is 0 Å². The fourth-order valence-corrected chi connectivity index (χ4v) is 3.94. The zero-order valence-electron chi connectivity index (χ0n) is 14.8. The van der Waals surface area contributed by atoms with E-state index in [1.807, 2.05) is 7.05 Å². The number of hydrogen-bond acceptors (Lipinski definition) is 3. The van der Waals surface area contributed by atoms with E-state index in [1.54, 1.807) is 0 Å². The smallest absolute Gasteiger partial charge is 0.378 e. The first-order valence-corrected chi connectivity index (χ1v) is 8.75. The summed E-state index contributed by atoms with van der Waals surface area (Å²) in [6.45, 7) is 7.20. The Morgan fingerprint density at radius 1 is 1.13 bits per heavy atom. The van der Waals surface area contributed by atoms with Gasteiger partial charge in [-0.1, -0.05) is 13.8 Å². The zero-order valence-corrected chi connectivity index (χ0v) is 14.8. The van der Waals surface area contributed by atoms with E-state index < -0.39 is 12.1 Å². The van der Waals surface area contributed by atoms with Crippen LogP contribution in [0.4, 0.5) is 13.2 Å². The van der Waals surface area contributed by atoms with Crippen molar-refractivity contribution in [3.8, 4) is 0 Å². The van der Waals surface area contributed by atoms with Gasteiger partial charge in [0.15, 0.2) is 0 Å². The number of halogens is 3. The summed E-state index contributed by atoms with van der Waals surface area (Å²) in [5.74, 6) is -0.563. The van der Waals surface area contributed by atoms with Crippen molar-refractivity contribution in [2.24, 2.45) is 17.8 Å². The molecule has 6 heteroatoms. The van der Waals surface area contributed by atoms with Crippen LogP contribution >= 0.6 is 0 Å². The average molecular weight is 336 g/mol. The van der Waals surface area contributed by atoms with Gasteiger partial charge in [0.1, 0.15) is 0 Å². The number of hydrogen-bond donors (Lipinski definition) is 0. The third kappa shape index (κ3) is 5.07. The molecule has 3 nitrogen and oxygen atoms in total. The topological polar surface area (TPSA) is 15.7 Å². The van der Waals surface area contributed by atoms with Crippen molar-refractivity contribution in [2.45, 2.75) is 51.4 Å². The molecule has 136 valence electrons. The maximum Gasteiger partial charge on any atom is 0.391 e. The monoisotopic (exact) mass is 336 g/mol. The molecule has 2 aliphatic heterocycles. The van der Waals surface area contributed by atoms with Gasteiger partial charge < -0.3 is 14.5 Å². The highest BCUT2D eigenvalue weighted by atomic mass is 19.4. The van der Waals surface area contributed by atoms with Crippen LogP contribution in [0.5, 0.6) is 0 Å². The second-order valence-electron chi connectivity index (χ2n) is 7.79. The number of piperidine rings is 2. The molecule has 0 aromatic heterocycles. The molecule has 2 heterocycles. The summed E-state index contributed by atoms with van der Waals surface area (Å²) in [4.78, 5) is 4.35. The van der Waals surface area contributed by atoms with Gasteiger partial charge in [0.2, 0.25) is 0 Å². The number of rotatable bonds is 4. The van der Waals surface area contributed by atoms with Crippen molar-refractivity contribution in [1.29, 1.82) is 0 Å². The van der Waals surface area contributed by atoms with Gasteiger partial charge in [-0.05, 0) is 45.8 Å². The Bertz CT molecular complexity index is 375. The van der Waals surface area contributed by atoms with E-state index in [2.05, 4.69) is 30.7 Å². The Balaban J connectivity index is 2.09. The van der Waals surface area contributed by atoms with Crippen LogP contribution < -0.4 is 0 Å². The van der Waals surface area contributed by atoms with E-state index in [4.69, 9.17) is 4.74 Å². The van der Waals surface area contributed by atoms with Crippen LogP contribution in [-0.2, 0) is 4.74 Å². The summed E-state index contributed by atoms with van der Waals surface area (Å²) in [7, 11) is 4.01. The number of alkyl halides is 3. The molecule has 0 bridgehead atoms. The summed E-state index contributed by atoms with van der Waals surface area (Å²) < 4.78 is 45.6. The van der Waals surface area contributed by atoms with Crippen molar-refractivity contribution in [2.75, 3.05) is 40.3 Å². The molecule has 0 spiro atoms. The molecule has 2 rings (SSSR count). The first-order chi connectivity index (χ1) is 10.7. The minimum Gasteiger partial charge on any atom is -0.378 e. The second kappa shape index (κ2) is 7.70. The van der Waals surface area contributed by atoms with Gasteiger partial charge in [0.25, 0.3) is 0 Å². The largest absolute Gasteiger partial charge is 0.391 e. The molecule has 0 N–H and O–H groups in total. The highest BCUT2D eigenvalue weighted by Crippen LogP contribution is 2.40. The van der Waals surface area contributed by atoms with Crippen molar-refractivity contribution in [3.63, 3.8) is 0 Å². The lowest BCUT2D eigenvalue weighted by molar-refractivity contribution is -0.194. The highest BCUT2D eigenvalue weighted by molar-refractivity contribution is 4.94. The minimum atomic E-state index is -4.08. The molecule has 23 heavy (non-hydrogen) atoms. The molecule has 4 unspecified atom stereocenters. The molecule has 0 aliphatic carbocycles. The number of ether oxygens (including phenoxy) is 1. The van der Waals surface area contributed by atoms with Crippen molar-refractivity contribution in [3.05, 3.63) is 0 Å². The lowest BCUT2D eigenvalue weighted by Crippen LogP contribution is -2.56. The molecule has 0 saturated carbocycles. The van der Waals surface area contributed by atoms with Crippen LogP contribution in [0.25, 0.3) is 0 Å². The van der Waals surface area contributed by atoms with Gasteiger partial charge in [0.05, 0.1) is 12.0 Å². The third-order valence-electron chi connectivity index (χ3n) is 5.32. The summed E-state index contributed by atoms with van der Waals surface area (Å²) in [6.07, 6.45) is -2.66. The fourth-order valence-electron chi connectivity index (χ4n) is 3.94. The second-order valence-corrected chi connectivity index (χ2v) is 7.79. The average Bonchev–Trinajstić information content (AvgIpc) is 2.45. The van der Waals surface area contributed by atoms with Crippen LogP contribution in [-0.4, -0.2) is 68.5 Å². The summed E-state index contributed by atoms with van der Waals surface area (Å²) >= 11 is 0.